The molecule has 0 atom stereocenters. The number of carbonyl (C=O) groups is 1. The van der Waals surface area contributed by atoms with Crippen molar-refractivity contribution in [2.24, 2.45) is 0 Å². The second-order valence-electron chi connectivity index (χ2n) is 8.04. The fourth-order valence-corrected chi connectivity index (χ4v) is 4.48. The number of nitrogens with two attached hydrogens (primary N) is 1. The van der Waals surface area contributed by atoms with E-state index in [1.807, 2.05) is 37.3 Å². The number of nitrogens with one attached hydrogen (secondary N) is 1. The van der Waals surface area contributed by atoms with Crippen LogP contribution in [0.5, 0.6) is 0 Å². The van der Waals surface area contributed by atoms with Crippen molar-refractivity contribution < 1.29 is 4.79 Å². The molecule has 0 aliphatic carbocycles. The summed E-state index contributed by atoms with van der Waals surface area (Å²) < 4.78 is 0. The zero-order valence-corrected chi connectivity index (χ0v) is 20.7. The van der Waals surface area contributed by atoms with Gasteiger partial charge in [-0.2, -0.15) is 10.5 Å². The number of nitrogens with zero attached hydrogens (tertiary/aromatic N) is 3. The molecule has 3 rings (SSSR count). The number of halogens is 1. The standard InChI is InChI=1S/C26H24ClN5OS/c1-15(2)17-5-7-18(8-6-17)24-20(13-28)25(30)32-26(21(24)14-29)34-11-10-23(33)31-19-9-4-16(3)22(27)12-19/h4-9,12,15H,10-11H2,1-3H3,(H2,30,32)(H,31,33). The fourth-order valence-electron chi connectivity index (χ4n) is 3.36. The number of nitrogen functional groups attached to an aromatic ring is 1. The molecule has 2 aromatic carbocycles. The molecule has 1 amide bonds. The van der Waals surface area contributed by atoms with Crippen LogP contribution in [0, 0.1) is 29.6 Å². The number of thioether (sulfide) groups is 1. The van der Waals surface area contributed by atoms with Crippen LogP contribution < -0.4 is 11.1 Å². The fraction of sp³-hybridized carbons (Fsp3) is 0.231. The van der Waals surface area contributed by atoms with Gasteiger partial charge in [0.1, 0.15) is 28.5 Å². The molecule has 34 heavy (non-hydrogen) atoms. The molecule has 0 spiro atoms. The maximum absolute atomic E-state index is 12.4. The van der Waals surface area contributed by atoms with E-state index >= 15 is 0 Å². The topological polar surface area (TPSA) is 116 Å². The highest BCUT2D eigenvalue weighted by atomic mass is 35.5. The van der Waals surface area contributed by atoms with Crippen molar-refractivity contribution in [2.45, 2.75) is 38.1 Å². The molecule has 0 saturated carbocycles. The number of anilines is 2. The minimum atomic E-state index is -0.183. The van der Waals surface area contributed by atoms with Gasteiger partial charge in [0, 0.05) is 28.4 Å². The monoisotopic (exact) mass is 489 g/mol. The van der Waals surface area contributed by atoms with Gasteiger partial charge in [-0.3, -0.25) is 4.79 Å². The van der Waals surface area contributed by atoms with Gasteiger partial charge in [-0.05, 0) is 41.7 Å². The second kappa shape index (κ2) is 11.1. The van der Waals surface area contributed by atoms with Gasteiger partial charge in [-0.1, -0.05) is 55.8 Å². The molecule has 0 aliphatic rings. The summed E-state index contributed by atoms with van der Waals surface area (Å²) in [7, 11) is 0. The van der Waals surface area contributed by atoms with Crippen molar-refractivity contribution in [3.63, 3.8) is 0 Å². The largest absolute Gasteiger partial charge is 0.383 e. The van der Waals surface area contributed by atoms with Crippen LogP contribution in [0.3, 0.4) is 0 Å². The highest BCUT2D eigenvalue weighted by Crippen LogP contribution is 2.36. The molecule has 0 radical (unpaired) electrons. The third-order valence-corrected chi connectivity index (χ3v) is 6.69. The van der Waals surface area contributed by atoms with Crippen LogP contribution >= 0.6 is 23.4 Å². The molecule has 0 bridgehead atoms. The Hall–Kier alpha value is -3.52. The SMILES string of the molecule is Cc1ccc(NC(=O)CCSc2nc(N)c(C#N)c(-c3ccc(C(C)C)cc3)c2C#N)cc1Cl. The van der Waals surface area contributed by atoms with Crippen molar-refractivity contribution in [1.82, 2.24) is 4.98 Å². The summed E-state index contributed by atoms with van der Waals surface area (Å²) in [5.41, 5.74) is 10.4. The Morgan fingerprint density at radius 2 is 1.82 bits per heavy atom. The maximum Gasteiger partial charge on any atom is 0.225 e. The summed E-state index contributed by atoms with van der Waals surface area (Å²) in [6, 6.07) is 17.3. The summed E-state index contributed by atoms with van der Waals surface area (Å²) in [6.45, 7) is 6.08. The molecule has 3 N–H and O–H groups in total. The number of carbonyl (C=O) groups excluding carboxylic acids is 1. The van der Waals surface area contributed by atoms with Gasteiger partial charge in [0.25, 0.3) is 0 Å². The van der Waals surface area contributed by atoms with Crippen LogP contribution in [0.4, 0.5) is 11.5 Å². The lowest BCUT2D eigenvalue weighted by Crippen LogP contribution is -2.12. The predicted octanol–water partition coefficient (Wildman–Crippen LogP) is 6.28. The van der Waals surface area contributed by atoms with Gasteiger partial charge in [-0.25, -0.2) is 4.98 Å². The van der Waals surface area contributed by atoms with E-state index < -0.39 is 0 Å². The molecular weight excluding hydrogens is 466 g/mol. The molecular formula is C26H24ClN5OS. The Morgan fingerprint density at radius 3 is 2.41 bits per heavy atom. The van der Waals surface area contributed by atoms with Crippen molar-refractivity contribution in [3.05, 3.63) is 69.7 Å². The minimum absolute atomic E-state index is 0.0608. The summed E-state index contributed by atoms with van der Waals surface area (Å²) in [4.78, 5) is 16.7. The van der Waals surface area contributed by atoms with Crippen molar-refractivity contribution >= 4 is 40.8 Å². The Kier molecular flexibility index (Phi) is 8.17. The lowest BCUT2D eigenvalue weighted by atomic mass is 9.94. The molecule has 1 heterocycles. The molecule has 0 fully saturated rings. The molecule has 3 aromatic rings. The van der Waals surface area contributed by atoms with E-state index in [1.165, 1.54) is 11.8 Å². The Bertz CT molecular complexity index is 1310. The van der Waals surface area contributed by atoms with Gasteiger partial charge in [-0.15, -0.1) is 11.8 Å². The average Bonchev–Trinajstić information content (AvgIpc) is 2.81. The first kappa shape index (κ1) is 25.1. The Labute approximate surface area is 208 Å². The third kappa shape index (κ3) is 5.69. The van der Waals surface area contributed by atoms with Crippen LogP contribution in [0.25, 0.3) is 11.1 Å². The summed E-state index contributed by atoms with van der Waals surface area (Å²) in [5, 5.41) is 23.4. The van der Waals surface area contributed by atoms with Crippen molar-refractivity contribution in [3.8, 4) is 23.3 Å². The number of hydrogen-bond donors (Lipinski definition) is 2. The van der Waals surface area contributed by atoms with E-state index in [9.17, 15) is 15.3 Å². The maximum atomic E-state index is 12.4. The number of nitriles is 2. The molecule has 172 valence electrons. The van der Waals surface area contributed by atoms with Crippen molar-refractivity contribution in [2.75, 3.05) is 16.8 Å². The van der Waals surface area contributed by atoms with E-state index in [1.54, 1.807) is 12.1 Å². The van der Waals surface area contributed by atoms with Crippen LogP contribution in [-0.2, 0) is 4.79 Å². The first-order chi connectivity index (χ1) is 16.2. The minimum Gasteiger partial charge on any atom is -0.383 e. The predicted molar refractivity (Wildman–Crippen MR) is 138 cm³/mol. The Morgan fingerprint density at radius 1 is 1.15 bits per heavy atom. The van der Waals surface area contributed by atoms with Crippen LogP contribution in [0.2, 0.25) is 5.02 Å². The van der Waals surface area contributed by atoms with E-state index in [-0.39, 0.29) is 29.3 Å². The van der Waals surface area contributed by atoms with Crippen LogP contribution in [0.15, 0.2) is 47.5 Å². The van der Waals surface area contributed by atoms with E-state index in [0.717, 1.165) is 16.7 Å². The number of rotatable bonds is 7. The molecule has 1 aromatic heterocycles. The average molecular weight is 490 g/mol. The number of pyridine rings is 1. The van der Waals surface area contributed by atoms with Gasteiger partial charge in [0.05, 0.1) is 5.56 Å². The van der Waals surface area contributed by atoms with Crippen LogP contribution in [-0.4, -0.2) is 16.6 Å². The summed E-state index contributed by atoms with van der Waals surface area (Å²) in [5.74, 6) is 0.614. The zero-order valence-electron chi connectivity index (χ0n) is 19.1. The van der Waals surface area contributed by atoms with E-state index in [0.29, 0.717) is 33.0 Å². The highest BCUT2D eigenvalue weighted by molar-refractivity contribution is 7.99. The number of hydrogen-bond acceptors (Lipinski definition) is 6. The first-order valence-corrected chi connectivity index (χ1v) is 12.0. The van der Waals surface area contributed by atoms with Gasteiger partial charge < -0.3 is 11.1 Å². The summed E-state index contributed by atoms with van der Waals surface area (Å²) >= 11 is 7.37. The van der Waals surface area contributed by atoms with Crippen LogP contribution in [0.1, 0.15) is 48.4 Å². The number of aromatic nitrogens is 1. The molecule has 8 heteroatoms. The lowest BCUT2D eigenvalue weighted by molar-refractivity contribution is -0.115. The third-order valence-electron chi connectivity index (χ3n) is 5.31. The zero-order chi connectivity index (χ0) is 24.8. The van der Waals surface area contributed by atoms with Crippen molar-refractivity contribution in [1.29, 1.82) is 10.5 Å². The molecule has 0 aliphatic heterocycles. The molecule has 0 saturated heterocycles. The molecule has 0 unspecified atom stereocenters. The normalized spacial score (nSPS) is 10.6. The second-order valence-corrected chi connectivity index (χ2v) is 9.53. The molecule has 6 nitrogen and oxygen atoms in total. The van der Waals surface area contributed by atoms with Gasteiger partial charge >= 0.3 is 0 Å². The quantitative estimate of drug-likeness (QED) is 0.377. The smallest absolute Gasteiger partial charge is 0.225 e. The number of benzene rings is 2. The summed E-state index contributed by atoms with van der Waals surface area (Å²) in [6.07, 6.45) is 0.195. The first-order valence-electron chi connectivity index (χ1n) is 10.7. The van der Waals surface area contributed by atoms with E-state index in [4.69, 9.17) is 17.3 Å². The number of amides is 1. The lowest BCUT2D eigenvalue weighted by Gasteiger charge is -2.14. The highest BCUT2D eigenvalue weighted by Gasteiger charge is 2.21. The van der Waals surface area contributed by atoms with Gasteiger partial charge in [0.2, 0.25) is 5.91 Å². The van der Waals surface area contributed by atoms with Gasteiger partial charge in [0.15, 0.2) is 0 Å². The number of aryl methyl sites for hydroxylation is 1. The Balaban J connectivity index is 1.82. The van der Waals surface area contributed by atoms with E-state index in [2.05, 4.69) is 36.3 Å².